The Morgan fingerprint density at radius 2 is 1.64 bits per heavy atom. The molecule has 0 unspecified atom stereocenters. The molecular weight excluding hydrogens is 354 g/mol. The lowest BCUT2D eigenvalue weighted by atomic mass is 9.90. The fraction of sp³-hybridized carbons (Fsp3) is 0.591. The SMILES string of the molecule is CC(C)(C)C(=O)N1CCC(C(=O)NCc2cccc(NC(=O)C3CC3)c2)CC1. The van der Waals surface area contributed by atoms with Gasteiger partial charge in [0.05, 0.1) is 0 Å². The summed E-state index contributed by atoms with van der Waals surface area (Å²) in [4.78, 5) is 38.6. The van der Waals surface area contributed by atoms with E-state index in [1.807, 2.05) is 49.9 Å². The molecule has 1 aliphatic carbocycles. The summed E-state index contributed by atoms with van der Waals surface area (Å²) in [5.74, 6) is 0.380. The number of carbonyl (C=O) groups is 3. The fourth-order valence-corrected chi connectivity index (χ4v) is 3.50. The Labute approximate surface area is 167 Å². The van der Waals surface area contributed by atoms with Crippen LogP contribution < -0.4 is 10.6 Å². The van der Waals surface area contributed by atoms with Crippen LogP contribution in [0.1, 0.15) is 52.0 Å². The summed E-state index contributed by atoms with van der Waals surface area (Å²) in [5.41, 5.74) is 1.36. The highest BCUT2D eigenvalue weighted by molar-refractivity contribution is 5.94. The third-order valence-electron chi connectivity index (χ3n) is 5.40. The van der Waals surface area contributed by atoms with E-state index in [1.165, 1.54) is 0 Å². The van der Waals surface area contributed by atoms with Gasteiger partial charge in [0.25, 0.3) is 0 Å². The van der Waals surface area contributed by atoms with E-state index in [4.69, 9.17) is 0 Å². The second kappa shape index (κ2) is 8.33. The molecule has 28 heavy (non-hydrogen) atoms. The van der Waals surface area contributed by atoms with Crippen molar-refractivity contribution in [1.82, 2.24) is 10.2 Å². The number of carbonyl (C=O) groups excluding carboxylic acids is 3. The van der Waals surface area contributed by atoms with Crippen molar-refractivity contribution >= 4 is 23.4 Å². The Balaban J connectivity index is 1.46. The summed E-state index contributed by atoms with van der Waals surface area (Å²) >= 11 is 0. The molecule has 1 saturated heterocycles. The molecule has 2 fully saturated rings. The Kier molecular flexibility index (Phi) is 6.06. The predicted octanol–water partition coefficient (Wildman–Crippen LogP) is 2.94. The summed E-state index contributed by atoms with van der Waals surface area (Å²) < 4.78 is 0. The van der Waals surface area contributed by atoms with Crippen molar-refractivity contribution in [2.45, 2.75) is 53.0 Å². The maximum Gasteiger partial charge on any atom is 0.227 e. The first-order chi connectivity index (χ1) is 13.2. The quantitative estimate of drug-likeness (QED) is 0.818. The highest BCUT2D eigenvalue weighted by Crippen LogP contribution is 2.30. The first-order valence-electron chi connectivity index (χ1n) is 10.2. The number of likely N-dealkylation sites (tertiary alicyclic amines) is 1. The first-order valence-corrected chi connectivity index (χ1v) is 10.2. The molecule has 3 rings (SSSR count). The molecule has 1 aromatic carbocycles. The Morgan fingerprint density at radius 1 is 1.00 bits per heavy atom. The molecular formula is C22H31N3O3. The molecule has 0 radical (unpaired) electrons. The van der Waals surface area contributed by atoms with E-state index in [1.54, 1.807) is 0 Å². The molecule has 1 saturated carbocycles. The fourth-order valence-electron chi connectivity index (χ4n) is 3.50. The van der Waals surface area contributed by atoms with Crippen LogP contribution in [0.2, 0.25) is 0 Å². The minimum Gasteiger partial charge on any atom is -0.352 e. The molecule has 0 aromatic heterocycles. The molecule has 0 atom stereocenters. The van der Waals surface area contributed by atoms with Gasteiger partial charge >= 0.3 is 0 Å². The third-order valence-corrected chi connectivity index (χ3v) is 5.40. The number of piperidine rings is 1. The minimum atomic E-state index is -0.380. The summed E-state index contributed by atoms with van der Waals surface area (Å²) in [6, 6.07) is 7.61. The van der Waals surface area contributed by atoms with Gasteiger partial charge in [0.1, 0.15) is 0 Å². The Hall–Kier alpha value is -2.37. The number of benzene rings is 1. The van der Waals surface area contributed by atoms with Crippen LogP contribution in [0.4, 0.5) is 5.69 Å². The standard InChI is InChI=1S/C22H31N3O3/c1-22(2,3)21(28)25-11-9-17(10-12-25)19(26)23-14-15-5-4-6-18(13-15)24-20(27)16-7-8-16/h4-6,13,16-17H,7-12,14H2,1-3H3,(H,23,26)(H,24,27). The molecule has 3 amide bonds. The van der Waals surface area contributed by atoms with Crippen LogP contribution in [-0.4, -0.2) is 35.7 Å². The highest BCUT2D eigenvalue weighted by Gasteiger charge is 2.32. The van der Waals surface area contributed by atoms with Crippen LogP contribution >= 0.6 is 0 Å². The monoisotopic (exact) mass is 385 g/mol. The van der Waals surface area contributed by atoms with Gasteiger partial charge in [-0.25, -0.2) is 0 Å². The van der Waals surface area contributed by atoms with E-state index in [2.05, 4.69) is 10.6 Å². The number of amides is 3. The molecule has 0 bridgehead atoms. The number of hydrogen-bond acceptors (Lipinski definition) is 3. The van der Waals surface area contributed by atoms with Gasteiger partial charge in [0, 0.05) is 42.6 Å². The van der Waals surface area contributed by atoms with Gasteiger partial charge < -0.3 is 15.5 Å². The summed E-state index contributed by atoms with van der Waals surface area (Å²) in [7, 11) is 0. The van der Waals surface area contributed by atoms with Crippen LogP contribution in [0.15, 0.2) is 24.3 Å². The van der Waals surface area contributed by atoms with Gasteiger partial charge in [-0.1, -0.05) is 32.9 Å². The lowest BCUT2D eigenvalue weighted by Gasteiger charge is -2.35. The summed E-state index contributed by atoms with van der Waals surface area (Å²) in [6.07, 6.45) is 3.35. The maximum atomic E-state index is 12.5. The Morgan fingerprint density at radius 3 is 2.25 bits per heavy atom. The van der Waals surface area contributed by atoms with Crippen LogP contribution in [0.25, 0.3) is 0 Å². The van der Waals surface area contributed by atoms with Crippen molar-refractivity contribution in [3.8, 4) is 0 Å². The number of rotatable bonds is 5. The average molecular weight is 386 g/mol. The zero-order valence-corrected chi connectivity index (χ0v) is 17.1. The summed E-state index contributed by atoms with van der Waals surface area (Å²) in [6.45, 7) is 7.49. The molecule has 1 aromatic rings. The number of nitrogens with one attached hydrogen (secondary N) is 2. The van der Waals surface area contributed by atoms with Crippen molar-refractivity contribution in [2.24, 2.45) is 17.3 Å². The van der Waals surface area contributed by atoms with E-state index in [0.29, 0.717) is 32.5 Å². The van der Waals surface area contributed by atoms with E-state index in [0.717, 1.165) is 24.1 Å². The van der Waals surface area contributed by atoms with Crippen LogP contribution in [0, 0.1) is 17.3 Å². The smallest absolute Gasteiger partial charge is 0.227 e. The number of hydrogen-bond donors (Lipinski definition) is 2. The van der Waals surface area contributed by atoms with E-state index < -0.39 is 0 Å². The molecule has 2 N–H and O–H groups in total. The second-order valence-corrected chi connectivity index (χ2v) is 9.00. The van der Waals surface area contributed by atoms with E-state index in [9.17, 15) is 14.4 Å². The van der Waals surface area contributed by atoms with E-state index in [-0.39, 0.29) is 35.0 Å². The van der Waals surface area contributed by atoms with Gasteiger partial charge in [-0.2, -0.15) is 0 Å². The van der Waals surface area contributed by atoms with Crippen molar-refractivity contribution in [2.75, 3.05) is 18.4 Å². The van der Waals surface area contributed by atoms with Crippen molar-refractivity contribution in [3.05, 3.63) is 29.8 Å². The van der Waals surface area contributed by atoms with Crippen LogP contribution in [0.3, 0.4) is 0 Å². The largest absolute Gasteiger partial charge is 0.352 e. The van der Waals surface area contributed by atoms with Crippen LogP contribution in [0.5, 0.6) is 0 Å². The zero-order valence-electron chi connectivity index (χ0n) is 17.1. The van der Waals surface area contributed by atoms with Crippen molar-refractivity contribution in [3.63, 3.8) is 0 Å². The average Bonchev–Trinajstić information content (AvgIpc) is 3.50. The van der Waals surface area contributed by atoms with Crippen molar-refractivity contribution < 1.29 is 14.4 Å². The van der Waals surface area contributed by atoms with Gasteiger partial charge in [0.2, 0.25) is 17.7 Å². The van der Waals surface area contributed by atoms with Crippen LogP contribution in [-0.2, 0) is 20.9 Å². The molecule has 6 heteroatoms. The minimum absolute atomic E-state index is 0.0373. The van der Waals surface area contributed by atoms with Gasteiger partial charge in [-0.05, 0) is 43.4 Å². The normalized spacial score (nSPS) is 17.9. The zero-order chi connectivity index (χ0) is 20.3. The third kappa shape index (κ3) is 5.33. The summed E-state index contributed by atoms with van der Waals surface area (Å²) in [5, 5.41) is 5.94. The molecule has 2 aliphatic rings. The number of nitrogens with zero attached hydrogens (tertiary/aromatic N) is 1. The lowest BCUT2D eigenvalue weighted by Crippen LogP contribution is -2.46. The topological polar surface area (TPSA) is 78.5 Å². The maximum absolute atomic E-state index is 12.5. The molecule has 6 nitrogen and oxygen atoms in total. The molecule has 0 spiro atoms. The lowest BCUT2D eigenvalue weighted by molar-refractivity contribution is -0.142. The molecule has 1 heterocycles. The van der Waals surface area contributed by atoms with Gasteiger partial charge in [-0.15, -0.1) is 0 Å². The van der Waals surface area contributed by atoms with Crippen molar-refractivity contribution in [1.29, 1.82) is 0 Å². The molecule has 1 aliphatic heterocycles. The van der Waals surface area contributed by atoms with Gasteiger partial charge in [-0.3, -0.25) is 14.4 Å². The number of anilines is 1. The predicted molar refractivity (Wildman–Crippen MR) is 108 cm³/mol. The first kappa shape index (κ1) is 20.4. The Bertz CT molecular complexity index is 742. The molecule has 152 valence electrons. The van der Waals surface area contributed by atoms with Gasteiger partial charge in [0.15, 0.2) is 0 Å². The second-order valence-electron chi connectivity index (χ2n) is 9.00. The van der Waals surface area contributed by atoms with E-state index >= 15 is 0 Å². The highest BCUT2D eigenvalue weighted by atomic mass is 16.2.